The van der Waals surface area contributed by atoms with E-state index in [1.165, 1.54) is 17.1 Å². The molecule has 0 aliphatic carbocycles. The van der Waals surface area contributed by atoms with Crippen LogP contribution in [0.1, 0.15) is 10.1 Å². The van der Waals surface area contributed by atoms with Crippen molar-refractivity contribution < 1.29 is 14.3 Å². The molecule has 1 aliphatic heterocycles. The molecule has 0 unspecified atom stereocenters. The van der Waals surface area contributed by atoms with Crippen molar-refractivity contribution >= 4 is 57.0 Å². The SMILES string of the molecule is O=C(COc1ccc(Cl)cc1Br)Oc1ccc(C2SCCS2)cc1. The third-order valence-electron chi connectivity index (χ3n) is 3.25. The summed E-state index contributed by atoms with van der Waals surface area (Å²) >= 11 is 13.1. The monoisotopic (exact) mass is 444 g/mol. The third-order valence-corrected chi connectivity index (χ3v) is 7.20. The average molecular weight is 446 g/mol. The largest absolute Gasteiger partial charge is 0.481 e. The Morgan fingerprint density at radius 3 is 2.54 bits per heavy atom. The molecule has 126 valence electrons. The normalized spacial score (nSPS) is 14.6. The first-order chi connectivity index (χ1) is 11.6. The van der Waals surface area contributed by atoms with E-state index in [9.17, 15) is 4.79 Å². The first-order valence-electron chi connectivity index (χ1n) is 7.23. The van der Waals surface area contributed by atoms with Crippen molar-refractivity contribution in [2.45, 2.75) is 4.58 Å². The summed E-state index contributed by atoms with van der Waals surface area (Å²) in [5.41, 5.74) is 1.25. The molecule has 1 aliphatic rings. The highest BCUT2D eigenvalue weighted by molar-refractivity contribution is 9.10. The summed E-state index contributed by atoms with van der Waals surface area (Å²) in [5.74, 6) is 2.99. The maximum atomic E-state index is 11.9. The van der Waals surface area contributed by atoms with Gasteiger partial charge in [0.05, 0.1) is 9.05 Å². The van der Waals surface area contributed by atoms with Crippen LogP contribution in [-0.2, 0) is 4.79 Å². The minimum atomic E-state index is -0.450. The molecule has 0 N–H and O–H groups in total. The smallest absolute Gasteiger partial charge is 0.349 e. The first-order valence-corrected chi connectivity index (χ1v) is 10.5. The molecule has 2 aromatic rings. The maximum Gasteiger partial charge on any atom is 0.349 e. The van der Waals surface area contributed by atoms with Crippen molar-refractivity contribution in [3.63, 3.8) is 0 Å². The topological polar surface area (TPSA) is 35.5 Å². The van der Waals surface area contributed by atoms with E-state index < -0.39 is 5.97 Å². The van der Waals surface area contributed by atoms with Crippen LogP contribution in [0.25, 0.3) is 0 Å². The quantitative estimate of drug-likeness (QED) is 0.444. The Bertz CT molecular complexity index is 718. The van der Waals surface area contributed by atoms with Crippen LogP contribution in [-0.4, -0.2) is 24.1 Å². The molecule has 24 heavy (non-hydrogen) atoms. The number of carbonyl (C=O) groups excluding carboxylic acids is 1. The number of benzene rings is 2. The van der Waals surface area contributed by atoms with E-state index in [1.807, 2.05) is 47.8 Å². The van der Waals surface area contributed by atoms with Gasteiger partial charge < -0.3 is 9.47 Å². The summed E-state index contributed by atoms with van der Waals surface area (Å²) in [6, 6.07) is 12.8. The summed E-state index contributed by atoms with van der Waals surface area (Å²) < 4.78 is 11.9. The second-order valence-electron chi connectivity index (χ2n) is 4.98. The molecule has 1 saturated heterocycles. The molecule has 0 aromatic heterocycles. The molecule has 1 heterocycles. The number of ether oxygens (including phenoxy) is 2. The van der Waals surface area contributed by atoms with Gasteiger partial charge in [0.15, 0.2) is 6.61 Å². The van der Waals surface area contributed by atoms with E-state index in [0.29, 0.717) is 25.6 Å². The van der Waals surface area contributed by atoms with Gasteiger partial charge in [-0.1, -0.05) is 23.7 Å². The number of hydrogen-bond donors (Lipinski definition) is 0. The maximum absolute atomic E-state index is 11.9. The van der Waals surface area contributed by atoms with Crippen LogP contribution in [0.2, 0.25) is 5.02 Å². The fourth-order valence-corrected chi connectivity index (χ4v) is 5.79. The van der Waals surface area contributed by atoms with Gasteiger partial charge in [0.1, 0.15) is 11.5 Å². The van der Waals surface area contributed by atoms with E-state index in [4.69, 9.17) is 21.1 Å². The Morgan fingerprint density at radius 2 is 1.88 bits per heavy atom. The predicted octanol–water partition coefficient (Wildman–Crippen LogP) is 5.57. The number of hydrogen-bond acceptors (Lipinski definition) is 5. The van der Waals surface area contributed by atoms with Gasteiger partial charge in [-0.2, -0.15) is 0 Å². The Balaban J connectivity index is 1.52. The summed E-state index contributed by atoms with van der Waals surface area (Å²) in [6.07, 6.45) is 0. The lowest BCUT2D eigenvalue weighted by atomic mass is 10.2. The lowest BCUT2D eigenvalue weighted by Crippen LogP contribution is -2.17. The van der Waals surface area contributed by atoms with E-state index in [1.54, 1.807) is 18.2 Å². The molecule has 3 rings (SSSR count). The van der Waals surface area contributed by atoms with Crippen LogP contribution in [0.3, 0.4) is 0 Å². The number of halogens is 2. The van der Waals surface area contributed by atoms with Gasteiger partial charge in [0.25, 0.3) is 0 Å². The van der Waals surface area contributed by atoms with E-state index in [2.05, 4.69) is 15.9 Å². The summed E-state index contributed by atoms with van der Waals surface area (Å²) in [5, 5.41) is 0.593. The minimum Gasteiger partial charge on any atom is -0.481 e. The summed E-state index contributed by atoms with van der Waals surface area (Å²) in [4.78, 5) is 11.9. The molecule has 1 fully saturated rings. The molecule has 0 saturated carbocycles. The van der Waals surface area contributed by atoms with Crippen molar-refractivity contribution in [2.75, 3.05) is 18.1 Å². The minimum absolute atomic E-state index is 0.170. The standard InChI is InChI=1S/C17H14BrClO3S2/c18-14-9-12(19)3-6-15(14)21-10-16(20)22-13-4-1-11(2-5-13)17-23-7-8-24-17/h1-6,9,17H,7-8,10H2. The molecule has 0 atom stereocenters. The Hall–Kier alpha value is -0.820. The number of thioether (sulfide) groups is 2. The van der Waals surface area contributed by atoms with E-state index >= 15 is 0 Å². The van der Waals surface area contributed by atoms with Crippen LogP contribution in [0.5, 0.6) is 11.5 Å². The Kier molecular flexibility index (Phi) is 6.38. The summed E-state index contributed by atoms with van der Waals surface area (Å²) in [6.45, 7) is -0.170. The number of rotatable bonds is 5. The third kappa shape index (κ3) is 4.85. The van der Waals surface area contributed by atoms with Crippen molar-refractivity contribution in [3.8, 4) is 11.5 Å². The van der Waals surface area contributed by atoms with Crippen molar-refractivity contribution in [3.05, 3.63) is 57.5 Å². The zero-order valence-corrected chi connectivity index (χ0v) is 16.5. The second-order valence-corrected chi connectivity index (χ2v) is 9.00. The highest BCUT2D eigenvalue weighted by atomic mass is 79.9. The number of carbonyl (C=O) groups is 1. The molecule has 0 amide bonds. The van der Waals surface area contributed by atoms with Gasteiger partial charge in [-0.15, -0.1) is 23.5 Å². The molecule has 2 aromatic carbocycles. The molecule has 3 nitrogen and oxygen atoms in total. The van der Waals surface area contributed by atoms with Crippen LogP contribution >= 0.6 is 51.1 Å². The zero-order chi connectivity index (χ0) is 16.9. The lowest BCUT2D eigenvalue weighted by Gasteiger charge is -2.10. The molecular weight excluding hydrogens is 432 g/mol. The average Bonchev–Trinajstić information content (AvgIpc) is 3.09. The lowest BCUT2D eigenvalue weighted by molar-refractivity contribution is -0.136. The molecular formula is C17H14BrClO3S2. The van der Waals surface area contributed by atoms with Crippen molar-refractivity contribution in [2.24, 2.45) is 0 Å². The highest BCUT2D eigenvalue weighted by Gasteiger charge is 2.18. The fraction of sp³-hybridized carbons (Fsp3) is 0.235. The molecule has 7 heteroatoms. The second kappa shape index (κ2) is 8.52. The van der Waals surface area contributed by atoms with Crippen LogP contribution in [0.4, 0.5) is 0 Å². The van der Waals surface area contributed by atoms with Gasteiger partial charge in [0.2, 0.25) is 0 Å². The van der Waals surface area contributed by atoms with Crippen LogP contribution < -0.4 is 9.47 Å². The van der Waals surface area contributed by atoms with Gasteiger partial charge in [0, 0.05) is 16.5 Å². The molecule has 0 bridgehead atoms. The Morgan fingerprint density at radius 1 is 1.17 bits per heavy atom. The van der Waals surface area contributed by atoms with E-state index in [-0.39, 0.29) is 6.61 Å². The van der Waals surface area contributed by atoms with Gasteiger partial charge >= 0.3 is 5.97 Å². The van der Waals surface area contributed by atoms with Crippen LogP contribution in [0.15, 0.2) is 46.9 Å². The highest BCUT2D eigenvalue weighted by Crippen LogP contribution is 2.45. The van der Waals surface area contributed by atoms with Crippen LogP contribution in [0, 0.1) is 0 Å². The van der Waals surface area contributed by atoms with Gasteiger partial charge in [-0.05, 0) is 51.8 Å². The van der Waals surface area contributed by atoms with Gasteiger partial charge in [-0.3, -0.25) is 0 Å². The van der Waals surface area contributed by atoms with E-state index in [0.717, 1.165) is 0 Å². The van der Waals surface area contributed by atoms with Gasteiger partial charge in [-0.25, -0.2) is 4.79 Å². The predicted molar refractivity (Wildman–Crippen MR) is 104 cm³/mol. The first kappa shape index (κ1) is 18.0. The molecule has 0 spiro atoms. The summed E-state index contributed by atoms with van der Waals surface area (Å²) in [7, 11) is 0. The zero-order valence-electron chi connectivity index (χ0n) is 12.5. The molecule has 0 radical (unpaired) electrons. The van der Waals surface area contributed by atoms with Crippen molar-refractivity contribution in [1.82, 2.24) is 0 Å². The Labute approximate surface area is 162 Å². The number of esters is 1. The van der Waals surface area contributed by atoms with Crippen molar-refractivity contribution in [1.29, 1.82) is 0 Å². The fourth-order valence-electron chi connectivity index (χ4n) is 2.13.